The Morgan fingerprint density at radius 1 is 1.06 bits per heavy atom. The van der Waals surface area contributed by atoms with E-state index in [1.165, 1.54) is 21.0 Å². The molecule has 33 heavy (non-hydrogen) atoms. The van der Waals surface area contributed by atoms with Crippen molar-refractivity contribution < 1.29 is 18.0 Å². The third kappa shape index (κ3) is 5.70. The van der Waals surface area contributed by atoms with Crippen LogP contribution in [0.25, 0.3) is 5.65 Å². The van der Waals surface area contributed by atoms with Gasteiger partial charge in [0.15, 0.2) is 10.8 Å². The second-order valence-electron chi connectivity index (χ2n) is 7.25. The lowest BCUT2D eigenvalue weighted by molar-refractivity contribution is -0.117. The van der Waals surface area contributed by atoms with Crippen molar-refractivity contribution in [2.45, 2.75) is 37.7 Å². The number of thioether (sulfide) groups is 1. The lowest BCUT2D eigenvalue weighted by Crippen LogP contribution is -2.35. The van der Waals surface area contributed by atoms with Crippen LogP contribution >= 0.6 is 11.8 Å². The number of benzene rings is 1. The van der Waals surface area contributed by atoms with Gasteiger partial charge in [-0.1, -0.05) is 31.7 Å². The number of urea groups is 1. The molecule has 0 unspecified atom stereocenters. The summed E-state index contributed by atoms with van der Waals surface area (Å²) >= 11 is 1.05. The summed E-state index contributed by atoms with van der Waals surface area (Å²) in [6.45, 7) is 8.15. The third-order valence-corrected chi connectivity index (χ3v) is 8.01. The molecule has 0 aliphatic rings. The number of nitrogens with zero attached hydrogens (tertiary/aromatic N) is 4. The van der Waals surface area contributed by atoms with Crippen LogP contribution in [0.2, 0.25) is 0 Å². The number of fused-ring (bicyclic) bond motifs is 1. The smallest absolute Gasteiger partial charge is 0.308 e. The number of carbonyl (C=O) groups excluding carboxylic acids is 2. The first-order valence-corrected chi connectivity index (χ1v) is 12.7. The molecule has 12 heteroatoms. The third-order valence-electron chi connectivity index (χ3n) is 5.04. The van der Waals surface area contributed by atoms with Crippen molar-refractivity contribution in [3.63, 3.8) is 0 Å². The van der Waals surface area contributed by atoms with E-state index in [-0.39, 0.29) is 10.6 Å². The number of aromatic nitrogens is 3. The van der Waals surface area contributed by atoms with Gasteiger partial charge in [-0.2, -0.15) is 4.31 Å². The van der Waals surface area contributed by atoms with Crippen LogP contribution in [0, 0.1) is 13.8 Å². The minimum absolute atomic E-state index is 0.103. The molecule has 2 aromatic heterocycles. The summed E-state index contributed by atoms with van der Waals surface area (Å²) in [5, 5.41) is 13.3. The predicted molar refractivity (Wildman–Crippen MR) is 127 cm³/mol. The number of pyridine rings is 1. The minimum Gasteiger partial charge on any atom is -0.308 e. The molecule has 0 spiro atoms. The van der Waals surface area contributed by atoms with E-state index in [9.17, 15) is 18.0 Å². The molecule has 0 saturated heterocycles. The number of amides is 3. The Kier molecular flexibility index (Phi) is 7.72. The lowest BCUT2D eigenvalue weighted by Gasteiger charge is -2.18. The topological polar surface area (TPSA) is 126 Å². The van der Waals surface area contributed by atoms with Crippen molar-refractivity contribution >= 4 is 45.1 Å². The molecule has 0 saturated carbocycles. The molecule has 0 aliphatic carbocycles. The average molecular weight is 491 g/mol. The fraction of sp³-hybridized carbons (Fsp3) is 0.333. The van der Waals surface area contributed by atoms with Gasteiger partial charge in [0.05, 0.1) is 10.6 Å². The Morgan fingerprint density at radius 3 is 2.45 bits per heavy atom. The predicted octanol–water partition coefficient (Wildman–Crippen LogP) is 2.82. The van der Waals surface area contributed by atoms with Crippen LogP contribution in [-0.2, 0) is 14.8 Å². The van der Waals surface area contributed by atoms with Gasteiger partial charge in [-0.25, -0.2) is 13.2 Å². The highest BCUT2D eigenvalue weighted by molar-refractivity contribution is 7.99. The molecule has 2 N–H and O–H groups in total. The normalized spacial score (nSPS) is 11.7. The Hall–Kier alpha value is -2.96. The summed E-state index contributed by atoms with van der Waals surface area (Å²) in [4.78, 5) is 24.5. The molecular weight excluding hydrogens is 464 g/mol. The summed E-state index contributed by atoms with van der Waals surface area (Å²) in [6, 6.07) is 7.87. The molecule has 0 fully saturated rings. The van der Waals surface area contributed by atoms with Crippen molar-refractivity contribution in [3.8, 4) is 0 Å². The van der Waals surface area contributed by atoms with E-state index >= 15 is 0 Å². The summed E-state index contributed by atoms with van der Waals surface area (Å²) in [7, 11) is -3.65. The van der Waals surface area contributed by atoms with Crippen molar-refractivity contribution in [3.05, 3.63) is 47.7 Å². The number of rotatable bonds is 8. The second-order valence-corrected chi connectivity index (χ2v) is 10.1. The van der Waals surface area contributed by atoms with Gasteiger partial charge in [0.25, 0.3) is 0 Å². The standard InChI is InChI=1S/C21H26N6O4S2/c1-5-26(6-2)33(30,31)17-9-10-18-24-25-21(27(18)12-17)32-13-19(28)23-20(29)22-16-8-7-14(3)15(4)11-16/h7-12H,5-6,13H2,1-4H3,(H2,22,23,28,29). The molecule has 3 amide bonds. The van der Waals surface area contributed by atoms with Gasteiger partial charge in [0, 0.05) is 25.0 Å². The molecule has 10 nitrogen and oxygen atoms in total. The number of carbonyl (C=O) groups is 2. The lowest BCUT2D eigenvalue weighted by atomic mass is 10.1. The van der Waals surface area contributed by atoms with E-state index in [0.29, 0.717) is 29.6 Å². The summed E-state index contributed by atoms with van der Waals surface area (Å²) in [5.41, 5.74) is 3.16. The van der Waals surface area contributed by atoms with Crippen LogP contribution in [0.15, 0.2) is 46.6 Å². The van der Waals surface area contributed by atoms with Gasteiger partial charge in [-0.15, -0.1) is 10.2 Å². The fourth-order valence-corrected chi connectivity index (χ4v) is 5.26. The van der Waals surface area contributed by atoms with Crippen LogP contribution in [0.5, 0.6) is 0 Å². The van der Waals surface area contributed by atoms with Gasteiger partial charge < -0.3 is 5.32 Å². The first kappa shape index (κ1) is 24.7. The molecule has 0 bridgehead atoms. The first-order valence-electron chi connectivity index (χ1n) is 10.3. The molecule has 2 heterocycles. The SMILES string of the molecule is CCN(CC)S(=O)(=O)c1ccc2nnc(SCC(=O)NC(=O)Nc3ccc(C)c(C)c3)n2c1. The summed E-state index contributed by atoms with van der Waals surface area (Å²) in [6.07, 6.45) is 1.44. The molecular formula is C21H26N6O4S2. The zero-order valence-corrected chi connectivity index (χ0v) is 20.5. The van der Waals surface area contributed by atoms with Gasteiger partial charge in [0.1, 0.15) is 0 Å². The van der Waals surface area contributed by atoms with Gasteiger partial charge in [0.2, 0.25) is 15.9 Å². The first-order chi connectivity index (χ1) is 15.6. The Labute approximate surface area is 196 Å². The fourth-order valence-electron chi connectivity index (χ4n) is 3.09. The molecule has 176 valence electrons. The largest absolute Gasteiger partial charge is 0.325 e. The quantitative estimate of drug-likeness (QED) is 0.465. The van der Waals surface area contributed by atoms with E-state index in [0.717, 1.165) is 22.9 Å². The van der Waals surface area contributed by atoms with E-state index in [1.807, 2.05) is 26.0 Å². The maximum Gasteiger partial charge on any atom is 0.325 e. The van der Waals surface area contributed by atoms with E-state index < -0.39 is 22.0 Å². The number of imide groups is 1. The van der Waals surface area contributed by atoms with Gasteiger partial charge in [-0.3, -0.25) is 14.5 Å². The monoisotopic (exact) mass is 490 g/mol. The summed E-state index contributed by atoms with van der Waals surface area (Å²) < 4.78 is 28.5. The molecule has 0 aliphatic heterocycles. The molecule has 1 aromatic carbocycles. The highest BCUT2D eigenvalue weighted by Gasteiger charge is 2.23. The number of sulfonamides is 1. The zero-order chi connectivity index (χ0) is 24.2. The Balaban J connectivity index is 1.66. The van der Waals surface area contributed by atoms with Crippen LogP contribution < -0.4 is 10.6 Å². The number of anilines is 1. The van der Waals surface area contributed by atoms with E-state index in [1.54, 1.807) is 26.0 Å². The average Bonchev–Trinajstić information content (AvgIpc) is 3.18. The van der Waals surface area contributed by atoms with Gasteiger partial charge in [-0.05, 0) is 49.2 Å². The highest BCUT2D eigenvalue weighted by atomic mass is 32.2. The maximum atomic E-state index is 12.8. The van der Waals surface area contributed by atoms with Crippen LogP contribution in [0.3, 0.4) is 0 Å². The van der Waals surface area contributed by atoms with Crippen molar-refractivity contribution in [1.29, 1.82) is 0 Å². The van der Waals surface area contributed by atoms with Crippen LogP contribution in [0.1, 0.15) is 25.0 Å². The molecule has 0 radical (unpaired) electrons. The number of aryl methyl sites for hydroxylation is 2. The summed E-state index contributed by atoms with van der Waals surface area (Å²) in [5.74, 6) is -0.626. The minimum atomic E-state index is -3.65. The number of nitrogens with one attached hydrogen (secondary N) is 2. The van der Waals surface area contributed by atoms with E-state index in [4.69, 9.17) is 0 Å². The van der Waals surface area contributed by atoms with Crippen LogP contribution in [0.4, 0.5) is 10.5 Å². The Bertz CT molecular complexity index is 1290. The zero-order valence-electron chi connectivity index (χ0n) is 18.8. The second kappa shape index (κ2) is 10.3. The number of hydrogen-bond donors (Lipinski definition) is 2. The van der Waals surface area contributed by atoms with E-state index in [2.05, 4.69) is 20.8 Å². The van der Waals surface area contributed by atoms with Gasteiger partial charge >= 0.3 is 6.03 Å². The van der Waals surface area contributed by atoms with Crippen molar-refractivity contribution in [2.75, 3.05) is 24.2 Å². The van der Waals surface area contributed by atoms with Crippen molar-refractivity contribution in [1.82, 2.24) is 24.2 Å². The highest BCUT2D eigenvalue weighted by Crippen LogP contribution is 2.21. The number of hydrogen-bond acceptors (Lipinski definition) is 7. The Morgan fingerprint density at radius 2 is 1.79 bits per heavy atom. The maximum absolute atomic E-state index is 12.8. The molecule has 3 rings (SSSR count). The molecule has 0 atom stereocenters. The van der Waals surface area contributed by atoms with Crippen LogP contribution in [-0.4, -0.2) is 58.1 Å². The molecule has 3 aromatic rings. The van der Waals surface area contributed by atoms with Crippen molar-refractivity contribution in [2.24, 2.45) is 0 Å².